The topological polar surface area (TPSA) is 39.9 Å². The van der Waals surface area contributed by atoms with Crippen molar-refractivity contribution in [3.05, 3.63) is 35.7 Å². The van der Waals surface area contributed by atoms with Crippen LogP contribution < -0.4 is 4.74 Å². The molecule has 0 bridgehead atoms. The van der Waals surface area contributed by atoms with E-state index < -0.39 is 0 Å². The van der Waals surface area contributed by atoms with Gasteiger partial charge < -0.3 is 9.30 Å². The van der Waals surface area contributed by atoms with Gasteiger partial charge in [0, 0.05) is 11.8 Å². The Labute approximate surface area is 118 Å². The van der Waals surface area contributed by atoms with Crippen LogP contribution in [0.25, 0.3) is 0 Å². The van der Waals surface area contributed by atoms with E-state index in [1.54, 1.807) is 18.9 Å². The van der Waals surface area contributed by atoms with Crippen LogP contribution in [0.3, 0.4) is 0 Å². The molecular weight excluding hydrogens is 258 g/mol. The van der Waals surface area contributed by atoms with E-state index >= 15 is 0 Å². The molecule has 0 saturated heterocycles. The van der Waals surface area contributed by atoms with Gasteiger partial charge in [0.05, 0.1) is 7.11 Å². The number of aryl methyl sites for hydroxylation is 1. The summed E-state index contributed by atoms with van der Waals surface area (Å²) in [5.74, 6) is 2.71. The molecule has 0 saturated carbocycles. The molecule has 0 radical (unpaired) electrons. The van der Waals surface area contributed by atoms with E-state index in [0.717, 1.165) is 22.5 Å². The minimum atomic E-state index is 0.378. The smallest absolute Gasteiger partial charge is 0.191 e. The lowest BCUT2D eigenvalue weighted by Gasteiger charge is -2.11. The van der Waals surface area contributed by atoms with E-state index in [-0.39, 0.29) is 0 Å². The molecule has 102 valence electrons. The zero-order valence-electron chi connectivity index (χ0n) is 11.8. The predicted molar refractivity (Wildman–Crippen MR) is 77.7 cm³/mol. The zero-order valence-corrected chi connectivity index (χ0v) is 12.6. The molecule has 1 aromatic heterocycles. The molecular formula is C14H19N3OS. The van der Waals surface area contributed by atoms with Crippen LogP contribution in [0, 0.1) is 6.92 Å². The molecule has 0 amide bonds. The summed E-state index contributed by atoms with van der Waals surface area (Å²) in [5, 5.41) is 9.36. The van der Waals surface area contributed by atoms with E-state index in [1.165, 1.54) is 5.56 Å². The van der Waals surface area contributed by atoms with Gasteiger partial charge in [-0.2, -0.15) is 0 Å². The highest BCUT2D eigenvalue weighted by Gasteiger charge is 2.12. The van der Waals surface area contributed by atoms with Crippen LogP contribution in [-0.2, 0) is 5.75 Å². The van der Waals surface area contributed by atoms with Gasteiger partial charge >= 0.3 is 0 Å². The SMILES string of the molecule is COc1cccc(CSc2nnc(C)n2C(C)C)c1. The molecule has 0 aliphatic heterocycles. The highest BCUT2D eigenvalue weighted by molar-refractivity contribution is 7.98. The second kappa shape index (κ2) is 6.10. The molecule has 0 fully saturated rings. The van der Waals surface area contributed by atoms with Crippen molar-refractivity contribution < 1.29 is 4.74 Å². The maximum Gasteiger partial charge on any atom is 0.191 e. The first-order chi connectivity index (χ1) is 9.11. The fraction of sp³-hybridized carbons (Fsp3) is 0.429. The fourth-order valence-electron chi connectivity index (χ4n) is 1.95. The Morgan fingerprint density at radius 1 is 1.32 bits per heavy atom. The molecule has 0 spiro atoms. The Morgan fingerprint density at radius 3 is 2.79 bits per heavy atom. The predicted octanol–water partition coefficient (Wildman–Crippen LogP) is 3.47. The normalized spacial score (nSPS) is 11.0. The number of ether oxygens (including phenoxy) is 1. The summed E-state index contributed by atoms with van der Waals surface area (Å²) in [4.78, 5) is 0. The molecule has 5 heteroatoms. The van der Waals surface area contributed by atoms with Crippen LogP contribution in [0.2, 0.25) is 0 Å². The average molecular weight is 277 g/mol. The molecule has 2 aromatic rings. The van der Waals surface area contributed by atoms with E-state index in [9.17, 15) is 0 Å². The third-order valence-electron chi connectivity index (χ3n) is 2.85. The van der Waals surface area contributed by atoms with E-state index in [1.807, 2.05) is 19.1 Å². The van der Waals surface area contributed by atoms with Crippen molar-refractivity contribution in [1.29, 1.82) is 0 Å². The first-order valence-electron chi connectivity index (χ1n) is 6.29. The number of rotatable bonds is 5. The molecule has 2 rings (SSSR count). The minimum Gasteiger partial charge on any atom is -0.497 e. The number of benzene rings is 1. The van der Waals surface area contributed by atoms with E-state index in [0.29, 0.717) is 6.04 Å². The van der Waals surface area contributed by atoms with Crippen LogP contribution in [0.1, 0.15) is 31.3 Å². The Morgan fingerprint density at radius 2 is 2.11 bits per heavy atom. The summed E-state index contributed by atoms with van der Waals surface area (Å²) in [7, 11) is 1.69. The van der Waals surface area contributed by atoms with Crippen molar-refractivity contribution in [2.75, 3.05) is 7.11 Å². The number of aromatic nitrogens is 3. The van der Waals surface area contributed by atoms with Gasteiger partial charge in [0.15, 0.2) is 5.16 Å². The van der Waals surface area contributed by atoms with Crippen molar-refractivity contribution in [3.8, 4) is 5.75 Å². The lowest BCUT2D eigenvalue weighted by atomic mass is 10.2. The van der Waals surface area contributed by atoms with Gasteiger partial charge in [-0.1, -0.05) is 23.9 Å². The van der Waals surface area contributed by atoms with E-state index in [2.05, 4.69) is 40.7 Å². The van der Waals surface area contributed by atoms with Gasteiger partial charge in [-0.25, -0.2) is 0 Å². The quantitative estimate of drug-likeness (QED) is 0.785. The lowest BCUT2D eigenvalue weighted by molar-refractivity contribution is 0.414. The maximum absolute atomic E-state index is 5.23. The number of nitrogens with zero attached hydrogens (tertiary/aromatic N) is 3. The van der Waals surface area contributed by atoms with Crippen molar-refractivity contribution in [3.63, 3.8) is 0 Å². The van der Waals surface area contributed by atoms with Gasteiger partial charge in [0.2, 0.25) is 0 Å². The first kappa shape index (κ1) is 13.9. The molecule has 0 atom stereocenters. The van der Waals surface area contributed by atoms with Gasteiger partial charge in [0.1, 0.15) is 11.6 Å². The molecule has 4 nitrogen and oxygen atoms in total. The third-order valence-corrected chi connectivity index (χ3v) is 3.87. The van der Waals surface area contributed by atoms with Gasteiger partial charge in [0.25, 0.3) is 0 Å². The Bertz CT molecular complexity index is 551. The summed E-state index contributed by atoms with van der Waals surface area (Å²) in [6, 6.07) is 8.49. The number of methoxy groups -OCH3 is 1. The Kier molecular flexibility index (Phi) is 4.47. The first-order valence-corrected chi connectivity index (χ1v) is 7.27. The van der Waals surface area contributed by atoms with Gasteiger partial charge in [-0.3, -0.25) is 0 Å². The third kappa shape index (κ3) is 3.29. The summed E-state index contributed by atoms with van der Waals surface area (Å²) in [6.45, 7) is 6.28. The van der Waals surface area contributed by atoms with Crippen molar-refractivity contribution >= 4 is 11.8 Å². The molecule has 1 aromatic carbocycles. The second-order valence-corrected chi connectivity index (χ2v) is 5.58. The monoisotopic (exact) mass is 277 g/mol. The van der Waals surface area contributed by atoms with Crippen molar-refractivity contribution in [2.45, 2.75) is 37.7 Å². The standard InChI is InChI=1S/C14H19N3OS/c1-10(2)17-11(3)15-16-14(17)19-9-12-6-5-7-13(8-12)18-4/h5-8,10H,9H2,1-4H3. The zero-order chi connectivity index (χ0) is 13.8. The van der Waals surface area contributed by atoms with Gasteiger partial charge in [-0.15, -0.1) is 10.2 Å². The van der Waals surface area contributed by atoms with Crippen molar-refractivity contribution in [1.82, 2.24) is 14.8 Å². The van der Waals surface area contributed by atoms with Gasteiger partial charge in [-0.05, 0) is 38.5 Å². The summed E-state index contributed by atoms with van der Waals surface area (Å²) in [6.07, 6.45) is 0. The lowest BCUT2D eigenvalue weighted by Crippen LogP contribution is -2.04. The number of hydrogen-bond donors (Lipinski definition) is 0. The second-order valence-electron chi connectivity index (χ2n) is 4.63. The van der Waals surface area contributed by atoms with Crippen LogP contribution >= 0.6 is 11.8 Å². The molecule has 0 aliphatic rings. The van der Waals surface area contributed by atoms with Crippen LogP contribution in [-0.4, -0.2) is 21.9 Å². The van der Waals surface area contributed by atoms with Crippen molar-refractivity contribution in [2.24, 2.45) is 0 Å². The fourth-order valence-corrected chi connectivity index (χ4v) is 3.01. The molecule has 1 heterocycles. The molecule has 0 unspecified atom stereocenters. The van der Waals surface area contributed by atoms with Crippen LogP contribution in [0.5, 0.6) is 5.75 Å². The summed E-state index contributed by atoms with van der Waals surface area (Å²) < 4.78 is 7.39. The molecule has 0 aliphatic carbocycles. The number of thioether (sulfide) groups is 1. The van der Waals surface area contributed by atoms with Crippen LogP contribution in [0.4, 0.5) is 0 Å². The Balaban J connectivity index is 2.10. The Hall–Kier alpha value is -1.49. The maximum atomic E-state index is 5.23. The highest BCUT2D eigenvalue weighted by atomic mass is 32.2. The largest absolute Gasteiger partial charge is 0.497 e. The van der Waals surface area contributed by atoms with Crippen LogP contribution in [0.15, 0.2) is 29.4 Å². The average Bonchev–Trinajstić information content (AvgIpc) is 2.78. The highest BCUT2D eigenvalue weighted by Crippen LogP contribution is 2.25. The number of hydrogen-bond acceptors (Lipinski definition) is 4. The summed E-state index contributed by atoms with van der Waals surface area (Å²) >= 11 is 1.70. The van der Waals surface area contributed by atoms with E-state index in [4.69, 9.17) is 4.74 Å². The molecule has 19 heavy (non-hydrogen) atoms. The summed E-state index contributed by atoms with van der Waals surface area (Å²) in [5.41, 5.74) is 1.22. The minimum absolute atomic E-state index is 0.378. The molecule has 0 N–H and O–H groups in total.